The third-order valence-corrected chi connectivity index (χ3v) is 2.24. The second kappa shape index (κ2) is 5.75. The Labute approximate surface area is 108 Å². The molecule has 0 aliphatic carbocycles. The molecule has 19 heavy (non-hydrogen) atoms. The van der Waals surface area contributed by atoms with Crippen molar-refractivity contribution in [3.8, 4) is 23.5 Å². The van der Waals surface area contributed by atoms with Crippen molar-refractivity contribution in [1.29, 1.82) is 5.26 Å². The van der Waals surface area contributed by atoms with Gasteiger partial charge in [-0.15, -0.1) is 0 Å². The lowest BCUT2D eigenvalue weighted by atomic mass is 10.3. The summed E-state index contributed by atoms with van der Waals surface area (Å²) in [5.74, 6) is 0.0958. The minimum Gasteiger partial charge on any atom is -0.474 e. The minimum absolute atomic E-state index is 0.0488. The number of nitrogens with zero attached hydrogens (tertiary/aromatic N) is 3. The van der Waals surface area contributed by atoms with Gasteiger partial charge in [0.1, 0.15) is 18.4 Å². The number of ether oxygens (including phenoxy) is 1. The SMILES string of the molecule is N#Cc1c(OCCO)nc(-c2ccccn2)[nH]c1=O. The molecule has 96 valence electrons. The van der Waals surface area contributed by atoms with E-state index in [-0.39, 0.29) is 30.5 Å². The number of hydrogen-bond acceptors (Lipinski definition) is 6. The van der Waals surface area contributed by atoms with E-state index in [0.717, 1.165) is 0 Å². The molecule has 2 heterocycles. The number of nitriles is 1. The first-order valence-corrected chi connectivity index (χ1v) is 5.45. The van der Waals surface area contributed by atoms with Crippen LogP contribution in [0.2, 0.25) is 0 Å². The Balaban J connectivity index is 2.51. The van der Waals surface area contributed by atoms with Gasteiger partial charge in [0.15, 0.2) is 11.4 Å². The maximum Gasteiger partial charge on any atom is 0.273 e. The summed E-state index contributed by atoms with van der Waals surface area (Å²) in [4.78, 5) is 22.3. The molecule has 0 bridgehead atoms. The quantitative estimate of drug-likeness (QED) is 0.802. The van der Waals surface area contributed by atoms with Gasteiger partial charge in [-0.3, -0.25) is 9.78 Å². The van der Waals surface area contributed by atoms with E-state index in [4.69, 9.17) is 15.1 Å². The van der Waals surface area contributed by atoms with Crippen LogP contribution in [-0.2, 0) is 0 Å². The summed E-state index contributed by atoms with van der Waals surface area (Å²) in [6, 6.07) is 6.86. The Morgan fingerprint density at radius 3 is 2.95 bits per heavy atom. The van der Waals surface area contributed by atoms with Crippen LogP contribution in [0.5, 0.6) is 5.88 Å². The predicted octanol–water partition coefficient (Wildman–Crippen LogP) is 0.0747. The van der Waals surface area contributed by atoms with E-state index >= 15 is 0 Å². The Morgan fingerprint density at radius 2 is 2.32 bits per heavy atom. The van der Waals surface area contributed by atoms with Crippen molar-refractivity contribution in [3.63, 3.8) is 0 Å². The second-order valence-corrected chi connectivity index (χ2v) is 3.49. The van der Waals surface area contributed by atoms with Gasteiger partial charge in [0, 0.05) is 6.20 Å². The molecule has 2 rings (SSSR count). The van der Waals surface area contributed by atoms with Gasteiger partial charge in [-0.2, -0.15) is 10.2 Å². The van der Waals surface area contributed by atoms with Gasteiger partial charge in [-0.1, -0.05) is 6.07 Å². The zero-order valence-electron chi connectivity index (χ0n) is 9.83. The Kier molecular flexibility index (Phi) is 3.85. The molecule has 0 radical (unpaired) electrons. The Bertz CT molecular complexity index is 661. The minimum atomic E-state index is -0.605. The normalized spacial score (nSPS) is 9.89. The Morgan fingerprint density at radius 1 is 1.47 bits per heavy atom. The average Bonchev–Trinajstić information content (AvgIpc) is 2.45. The number of nitrogens with one attached hydrogen (secondary N) is 1. The number of rotatable bonds is 4. The maximum atomic E-state index is 11.7. The van der Waals surface area contributed by atoms with Gasteiger partial charge in [0.2, 0.25) is 5.88 Å². The van der Waals surface area contributed by atoms with Crippen molar-refractivity contribution in [2.75, 3.05) is 13.2 Å². The number of aliphatic hydroxyl groups is 1. The fraction of sp³-hybridized carbons (Fsp3) is 0.167. The first-order chi connectivity index (χ1) is 9.26. The molecule has 2 aromatic heterocycles. The van der Waals surface area contributed by atoms with Crippen molar-refractivity contribution >= 4 is 0 Å². The highest BCUT2D eigenvalue weighted by Crippen LogP contribution is 2.15. The highest BCUT2D eigenvalue weighted by molar-refractivity contribution is 5.51. The zero-order chi connectivity index (χ0) is 13.7. The number of hydrogen-bond donors (Lipinski definition) is 2. The fourth-order valence-corrected chi connectivity index (χ4v) is 1.42. The smallest absolute Gasteiger partial charge is 0.273 e. The average molecular weight is 258 g/mol. The van der Waals surface area contributed by atoms with Crippen LogP contribution >= 0.6 is 0 Å². The molecular weight excluding hydrogens is 248 g/mol. The monoisotopic (exact) mass is 258 g/mol. The summed E-state index contributed by atoms with van der Waals surface area (Å²) in [5, 5.41) is 17.6. The fourth-order valence-electron chi connectivity index (χ4n) is 1.42. The van der Waals surface area contributed by atoms with Crippen LogP contribution < -0.4 is 10.3 Å². The molecule has 0 unspecified atom stereocenters. The number of H-pyrrole nitrogens is 1. The molecule has 0 atom stereocenters. The Hall–Kier alpha value is -2.72. The molecule has 0 aliphatic heterocycles. The standard InChI is InChI=1S/C12H10N4O3/c13-7-8-11(18)15-10(9-3-1-2-4-14-9)16-12(8)19-6-5-17/h1-4,17H,5-6H2,(H,15,16,18). The van der Waals surface area contributed by atoms with Crippen LogP contribution in [0, 0.1) is 11.3 Å². The number of aliphatic hydroxyl groups excluding tert-OH is 1. The van der Waals surface area contributed by atoms with Gasteiger partial charge in [-0.05, 0) is 12.1 Å². The summed E-state index contributed by atoms with van der Waals surface area (Å²) in [7, 11) is 0. The third-order valence-electron chi connectivity index (χ3n) is 2.24. The molecule has 2 aromatic rings. The topological polar surface area (TPSA) is 112 Å². The van der Waals surface area contributed by atoms with E-state index in [1.165, 1.54) is 0 Å². The van der Waals surface area contributed by atoms with Crippen LogP contribution in [0.4, 0.5) is 0 Å². The molecule has 0 amide bonds. The van der Waals surface area contributed by atoms with E-state index in [1.807, 2.05) is 0 Å². The molecule has 7 nitrogen and oxygen atoms in total. The molecule has 2 N–H and O–H groups in total. The predicted molar refractivity (Wildman–Crippen MR) is 65.4 cm³/mol. The van der Waals surface area contributed by atoms with Crippen LogP contribution in [0.1, 0.15) is 5.56 Å². The largest absolute Gasteiger partial charge is 0.474 e. The van der Waals surface area contributed by atoms with E-state index < -0.39 is 5.56 Å². The van der Waals surface area contributed by atoms with Gasteiger partial charge in [0.05, 0.1) is 6.61 Å². The number of aromatic amines is 1. The van der Waals surface area contributed by atoms with Crippen molar-refractivity contribution in [1.82, 2.24) is 15.0 Å². The van der Waals surface area contributed by atoms with Gasteiger partial charge in [0.25, 0.3) is 5.56 Å². The molecule has 0 saturated heterocycles. The molecule has 0 aliphatic rings. The summed E-state index contributed by atoms with van der Waals surface area (Å²) in [6.07, 6.45) is 1.56. The third kappa shape index (κ3) is 2.75. The highest BCUT2D eigenvalue weighted by atomic mass is 16.5. The summed E-state index contributed by atoms with van der Waals surface area (Å²) in [6.45, 7) is -0.287. The van der Waals surface area contributed by atoms with E-state index in [2.05, 4.69) is 15.0 Å². The molecule has 7 heteroatoms. The lowest BCUT2D eigenvalue weighted by Crippen LogP contribution is -2.17. The number of pyridine rings is 1. The summed E-state index contributed by atoms with van der Waals surface area (Å²) < 4.78 is 5.09. The second-order valence-electron chi connectivity index (χ2n) is 3.49. The van der Waals surface area contributed by atoms with Crippen LogP contribution in [0.25, 0.3) is 11.5 Å². The van der Waals surface area contributed by atoms with Crippen molar-refractivity contribution in [3.05, 3.63) is 40.3 Å². The van der Waals surface area contributed by atoms with Crippen molar-refractivity contribution < 1.29 is 9.84 Å². The first-order valence-electron chi connectivity index (χ1n) is 5.45. The van der Waals surface area contributed by atoms with Crippen LogP contribution in [0.3, 0.4) is 0 Å². The van der Waals surface area contributed by atoms with Crippen molar-refractivity contribution in [2.45, 2.75) is 0 Å². The van der Waals surface area contributed by atoms with Crippen LogP contribution in [-0.4, -0.2) is 33.3 Å². The lowest BCUT2D eigenvalue weighted by molar-refractivity contribution is 0.196. The van der Waals surface area contributed by atoms with Gasteiger partial charge in [-0.25, -0.2) is 0 Å². The molecular formula is C12H10N4O3. The molecule has 0 aromatic carbocycles. The molecule has 0 saturated carbocycles. The highest BCUT2D eigenvalue weighted by Gasteiger charge is 2.13. The lowest BCUT2D eigenvalue weighted by Gasteiger charge is -2.06. The molecule has 0 spiro atoms. The molecule has 0 fully saturated rings. The van der Waals surface area contributed by atoms with Crippen LogP contribution in [0.15, 0.2) is 29.2 Å². The first kappa shape index (κ1) is 12.7. The summed E-state index contributed by atoms with van der Waals surface area (Å²) >= 11 is 0. The van der Waals surface area contributed by atoms with E-state index in [0.29, 0.717) is 5.69 Å². The van der Waals surface area contributed by atoms with E-state index in [1.54, 1.807) is 30.5 Å². The number of aromatic nitrogens is 3. The summed E-state index contributed by atoms with van der Waals surface area (Å²) in [5.41, 5.74) is -0.378. The van der Waals surface area contributed by atoms with Crippen molar-refractivity contribution in [2.24, 2.45) is 0 Å². The van der Waals surface area contributed by atoms with E-state index in [9.17, 15) is 4.79 Å². The van der Waals surface area contributed by atoms with Gasteiger partial charge < -0.3 is 14.8 Å². The zero-order valence-corrected chi connectivity index (χ0v) is 9.83. The van der Waals surface area contributed by atoms with Gasteiger partial charge >= 0.3 is 0 Å². The maximum absolute atomic E-state index is 11.7.